The molecule has 72 valence electrons. The molecule has 5 nitrogen and oxygen atoms in total. The molecule has 2 N–H and O–H groups in total. The van der Waals surface area contributed by atoms with Gasteiger partial charge in [-0.15, -0.1) is 0 Å². The highest BCUT2D eigenvalue weighted by atomic mass is 32.2. The third kappa shape index (κ3) is 1.26. The highest BCUT2D eigenvalue weighted by molar-refractivity contribution is 7.89. The normalized spacial score (nSPS) is 16.2. The minimum absolute atomic E-state index is 0.181. The van der Waals surface area contributed by atoms with Gasteiger partial charge in [-0.1, -0.05) is 0 Å². The number of fused-ring (bicyclic) bond motifs is 1. The molecular weight excluding hydrogens is 190 g/mol. The molecule has 0 radical (unpaired) electrons. The van der Waals surface area contributed by atoms with Gasteiger partial charge >= 0.3 is 0 Å². The van der Waals surface area contributed by atoms with E-state index < -0.39 is 10.0 Å². The molecule has 0 fully saturated rings. The monoisotopic (exact) mass is 201 g/mol. The van der Waals surface area contributed by atoms with Crippen molar-refractivity contribution < 1.29 is 8.42 Å². The summed E-state index contributed by atoms with van der Waals surface area (Å²) in [6.07, 6.45) is 2.61. The Kier molecular flexibility index (Phi) is 1.71. The highest BCUT2D eigenvalue weighted by Gasteiger charge is 2.26. The van der Waals surface area contributed by atoms with Crippen LogP contribution in [0.2, 0.25) is 0 Å². The standard InChI is InChI=1S/C7H11N3O2S/c1-10-7(13(8,11)12)5-3-2-4-6(5)9-10/h2-4H2,1H3,(H2,8,11,12). The van der Waals surface area contributed by atoms with Crippen LogP contribution in [0.25, 0.3) is 0 Å². The minimum Gasteiger partial charge on any atom is -0.256 e. The minimum atomic E-state index is -3.61. The van der Waals surface area contributed by atoms with Crippen LogP contribution in [-0.4, -0.2) is 18.2 Å². The maximum Gasteiger partial charge on any atom is 0.255 e. The molecule has 1 aromatic heterocycles. The Morgan fingerprint density at radius 2 is 2.15 bits per heavy atom. The van der Waals surface area contributed by atoms with Crippen molar-refractivity contribution in [2.45, 2.75) is 24.3 Å². The van der Waals surface area contributed by atoms with Crippen molar-refractivity contribution in [3.8, 4) is 0 Å². The Balaban J connectivity index is 2.70. The van der Waals surface area contributed by atoms with Crippen LogP contribution >= 0.6 is 0 Å². The largest absolute Gasteiger partial charge is 0.256 e. The van der Waals surface area contributed by atoms with E-state index in [-0.39, 0.29) is 5.03 Å². The number of hydrogen-bond acceptors (Lipinski definition) is 3. The second-order valence-electron chi connectivity index (χ2n) is 3.25. The predicted molar refractivity (Wildman–Crippen MR) is 46.6 cm³/mol. The Hall–Kier alpha value is -0.880. The molecule has 0 aliphatic heterocycles. The summed E-state index contributed by atoms with van der Waals surface area (Å²) < 4.78 is 23.7. The van der Waals surface area contributed by atoms with Gasteiger partial charge in [-0.25, -0.2) is 13.6 Å². The van der Waals surface area contributed by atoms with Crippen molar-refractivity contribution in [2.24, 2.45) is 12.2 Å². The van der Waals surface area contributed by atoms with Gasteiger partial charge in [0, 0.05) is 12.6 Å². The zero-order valence-corrected chi connectivity index (χ0v) is 8.13. The molecule has 0 bridgehead atoms. The quantitative estimate of drug-likeness (QED) is 0.668. The van der Waals surface area contributed by atoms with E-state index in [1.54, 1.807) is 7.05 Å². The van der Waals surface area contributed by atoms with E-state index in [0.717, 1.165) is 30.5 Å². The Bertz CT molecular complexity index is 447. The molecular formula is C7H11N3O2S. The fourth-order valence-electron chi connectivity index (χ4n) is 1.85. The molecule has 0 amide bonds. The molecule has 0 saturated carbocycles. The zero-order valence-electron chi connectivity index (χ0n) is 7.32. The SMILES string of the molecule is Cn1nc2c(c1S(N)(=O)=O)CCC2. The molecule has 6 heteroatoms. The summed E-state index contributed by atoms with van der Waals surface area (Å²) in [4.78, 5) is 0. The second kappa shape index (κ2) is 2.55. The van der Waals surface area contributed by atoms with Crippen LogP contribution in [0.3, 0.4) is 0 Å². The van der Waals surface area contributed by atoms with Crippen molar-refractivity contribution in [3.63, 3.8) is 0 Å². The topological polar surface area (TPSA) is 78.0 Å². The van der Waals surface area contributed by atoms with E-state index in [2.05, 4.69) is 5.10 Å². The first-order chi connectivity index (χ1) is 6.00. The molecule has 1 heterocycles. The number of hydrogen-bond donors (Lipinski definition) is 1. The molecule has 0 saturated heterocycles. The van der Waals surface area contributed by atoms with Gasteiger partial charge in [0.2, 0.25) is 0 Å². The first kappa shape index (κ1) is 8.71. The number of sulfonamides is 1. The average Bonchev–Trinajstić information content (AvgIpc) is 2.41. The van der Waals surface area contributed by atoms with Crippen molar-refractivity contribution in [2.75, 3.05) is 0 Å². The van der Waals surface area contributed by atoms with Gasteiger partial charge in [-0.3, -0.25) is 4.68 Å². The van der Waals surface area contributed by atoms with Gasteiger partial charge in [0.1, 0.15) is 0 Å². The fraction of sp³-hybridized carbons (Fsp3) is 0.571. The lowest BCUT2D eigenvalue weighted by Gasteiger charge is -2.00. The van der Waals surface area contributed by atoms with Crippen molar-refractivity contribution in [3.05, 3.63) is 11.3 Å². The summed E-state index contributed by atoms with van der Waals surface area (Å²) in [6, 6.07) is 0. The van der Waals surface area contributed by atoms with Crippen LogP contribution < -0.4 is 5.14 Å². The van der Waals surface area contributed by atoms with Gasteiger partial charge in [0.05, 0.1) is 5.69 Å². The van der Waals surface area contributed by atoms with Crippen LogP contribution in [0.15, 0.2) is 5.03 Å². The lowest BCUT2D eigenvalue weighted by Crippen LogP contribution is -2.18. The van der Waals surface area contributed by atoms with Crippen LogP contribution in [-0.2, 0) is 29.9 Å². The highest BCUT2D eigenvalue weighted by Crippen LogP contribution is 2.26. The van der Waals surface area contributed by atoms with Gasteiger partial charge in [0.25, 0.3) is 10.0 Å². The molecule has 1 aromatic rings. The van der Waals surface area contributed by atoms with E-state index in [0.29, 0.717) is 0 Å². The van der Waals surface area contributed by atoms with E-state index >= 15 is 0 Å². The van der Waals surface area contributed by atoms with Crippen molar-refractivity contribution in [1.29, 1.82) is 0 Å². The molecule has 0 atom stereocenters. The Labute approximate surface area is 76.6 Å². The summed E-state index contributed by atoms with van der Waals surface area (Å²) in [5, 5.41) is 9.38. The van der Waals surface area contributed by atoms with Crippen LogP contribution in [0.5, 0.6) is 0 Å². The maximum absolute atomic E-state index is 11.2. The molecule has 1 aliphatic rings. The second-order valence-corrected chi connectivity index (χ2v) is 4.73. The van der Waals surface area contributed by atoms with E-state index in [1.165, 1.54) is 4.68 Å². The van der Waals surface area contributed by atoms with E-state index in [4.69, 9.17) is 5.14 Å². The number of primary sulfonamides is 1. The molecule has 2 rings (SSSR count). The van der Waals surface area contributed by atoms with Crippen LogP contribution in [0.4, 0.5) is 0 Å². The number of nitrogens with zero attached hydrogens (tertiary/aromatic N) is 2. The third-order valence-electron chi connectivity index (χ3n) is 2.28. The van der Waals surface area contributed by atoms with Gasteiger partial charge in [0.15, 0.2) is 5.03 Å². The zero-order chi connectivity index (χ0) is 9.64. The molecule has 0 aromatic carbocycles. The first-order valence-electron chi connectivity index (χ1n) is 4.07. The van der Waals surface area contributed by atoms with E-state index in [9.17, 15) is 8.42 Å². The lowest BCUT2D eigenvalue weighted by molar-refractivity contribution is 0.573. The predicted octanol–water partition coefficient (Wildman–Crippen LogP) is -0.444. The summed E-state index contributed by atoms with van der Waals surface area (Å²) in [7, 11) is -2.01. The van der Waals surface area contributed by atoms with E-state index in [1.807, 2.05) is 0 Å². The number of nitrogens with two attached hydrogens (primary N) is 1. The summed E-state index contributed by atoms with van der Waals surface area (Å²) in [5.41, 5.74) is 1.69. The number of rotatable bonds is 1. The molecule has 1 aliphatic carbocycles. The Morgan fingerprint density at radius 1 is 1.46 bits per heavy atom. The van der Waals surface area contributed by atoms with Gasteiger partial charge < -0.3 is 0 Å². The number of aromatic nitrogens is 2. The Morgan fingerprint density at radius 3 is 2.77 bits per heavy atom. The summed E-state index contributed by atoms with van der Waals surface area (Å²) >= 11 is 0. The number of aryl methyl sites for hydroxylation is 2. The summed E-state index contributed by atoms with van der Waals surface area (Å²) in [5.74, 6) is 0. The average molecular weight is 201 g/mol. The van der Waals surface area contributed by atoms with Crippen LogP contribution in [0.1, 0.15) is 17.7 Å². The van der Waals surface area contributed by atoms with Gasteiger partial charge in [-0.2, -0.15) is 5.10 Å². The molecule has 0 spiro atoms. The van der Waals surface area contributed by atoms with Crippen molar-refractivity contribution in [1.82, 2.24) is 9.78 Å². The lowest BCUT2D eigenvalue weighted by atomic mass is 10.3. The molecule has 0 unspecified atom stereocenters. The summed E-state index contributed by atoms with van der Waals surface area (Å²) in [6.45, 7) is 0. The first-order valence-corrected chi connectivity index (χ1v) is 5.62. The third-order valence-corrected chi connectivity index (χ3v) is 3.33. The van der Waals surface area contributed by atoms with Crippen molar-refractivity contribution >= 4 is 10.0 Å². The van der Waals surface area contributed by atoms with Gasteiger partial charge in [-0.05, 0) is 19.3 Å². The van der Waals surface area contributed by atoms with Crippen LogP contribution in [0, 0.1) is 0 Å². The fourth-order valence-corrected chi connectivity index (χ4v) is 2.82. The maximum atomic E-state index is 11.2. The molecule has 13 heavy (non-hydrogen) atoms. The smallest absolute Gasteiger partial charge is 0.255 e.